The van der Waals surface area contributed by atoms with Gasteiger partial charge in [0.2, 0.25) is 0 Å². The van der Waals surface area contributed by atoms with Gasteiger partial charge in [0.1, 0.15) is 0 Å². The van der Waals surface area contributed by atoms with Gasteiger partial charge in [0.15, 0.2) is 0 Å². The van der Waals surface area contributed by atoms with Crippen LogP contribution in [0.4, 0.5) is 0 Å². The lowest BCUT2D eigenvalue weighted by Crippen LogP contribution is -2.03. The highest BCUT2D eigenvalue weighted by atomic mass is 15.0. The second-order valence-electron chi connectivity index (χ2n) is 9.57. The molecule has 0 N–H and O–H groups in total. The topological polar surface area (TPSA) is 4.93 Å². The summed E-state index contributed by atoms with van der Waals surface area (Å²) >= 11 is 0. The molecule has 0 aliphatic rings. The summed E-state index contributed by atoms with van der Waals surface area (Å²) in [6, 6.07) is 44.0. The van der Waals surface area contributed by atoms with Crippen molar-refractivity contribution in [3.63, 3.8) is 0 Å². The summed E-state index contributed by atoms with van der Waals surface area (Å²) < 4.78 is 2.47. The Kier molecular flexibility index (Phi) is 5.47. The summed E-state index contributed by atoms with van der Waals surface area (Å²) in [4.78, 5) is 0. The van der Waals surface area contributed by atoms with E-state index in [1.165, 1.54) is 55.2 Å². The van der Waals surface area contributed by atoms with Crippen LogP contribution in [0.15, 0.2) is 121 Å². The van der Waals surface area contributed by atoms with Crippen molar-refractivity contribution in [1.82, 2.24) is 4.57 Å². The number of aromatic nitrogens is 1. The maximum Gasteiger partial charge on any atom is 0.0494 e. The van der Waals surface area contributed by atoms with Crippen LogP contribution in [-0.4, -0.2) is 4.57 Å². The summed E-state index contributed by atoms with van der Waals surface area (Å²) in [7, 11) is 0. The average molecular weight is 452 g/mol. The highest BCUT2D eigenvalue weighted by molar-refractivity contribution is 6.08. The molecule has 0 unspecified atom stereocenters. The third kappa shape index (κ3) is 3.74. The number of rotatable bonds is 5. The fourth-order valence-corrected chi connectivity index (χ4v) is 5.56. The molecule has 0 fully saturated rings. The highest BCUT2D eigenvalue weighted by Crippen LogP contribution is 2.39. The van der Waals surface area contributed by atoms with Crippen LogP contribution in [0.5, 0.6) is 0 Å². The van der Waals surface area contributed by atoms with Gasteiger partial charge in [-0.3, -0.25) is 0 Å². The van der Waals surface area contributed by atoms with Crippen molar-refractivity contribution in [2.45, 2.75) is 26.3 Å². The van der Waals surface area contributed by atoms with Gasteiger partial charge in [0.05, 0.1) is 0 Å². The molecule has 5 aromatic carbocycles. The Bertz CT molecular complexity index is 1580. The van der Waals surface area contributed by atoms with Crippen molar-refractivity contribution in [1.29, 1.82) is 0 Å². The van der Waals surface area contributed by atoms with E-state index in [2.05, 4.69) is 140 Å². The lowest BCUT2D eigenvalue weighted by molar-refractivity contribution is 0.861. The Labute approximate surface area is 207 Å². The Balaban J connectivity index is 1.55. The summed E-state index contributed by atoms with van der Waals surface area (Å²) in [5.41, 5.74) is 10.6. The second kappa shape index (κ2) is 8.92. The first-order chi connectivity index (χ1) is 17.2. The van der Waals surface area contributed by atoms with E-state index in [1.807, 2.05) is 0 Å². The summed E-state index contributed by atoms with van der Waals surface area (Å²) in [5, 5.41) is 2.63. The second-order valence-corrected chi connectivity index (χ2v) is 9.57. The lowest BCUT2D eigenvalue weighted by atomic mass is 9.84. The highest BCUT2D eigenvalue weighted by Gasteiger charge is 2.18. The third-order valence-electron chi connectivity index (χ3n) is 7.08. The van der Waals surface area contributed by atoms with Crippen molar-refractivity contribution in [3.8, 4) is 22.3 Å². The van der Waals surface area contributed by atoms with Gasteiger partial charge in [-0.05, 0) is 51.4 Å². The molecule has 6 aromatic rings. The van der Waals surface area contributed by atoms with Crippen LogP contribution in [0.1, 0.15) is 30.9 Å². The normalized spacial score (nSPS) is 11.5. The first kappa shape index (κ1) is 21.4. The molecule has 1 nitrogen and oxygen atoms in total. The Morgan fingerprint density at radius 1 is 0.514 bits per heavy atom. The van der Waals surface area contributed by atoms with Gasteiger partial charge in [-0.15, -0.1) is 0 Å². The minimum Gasteiger partial charge on any atom is -0.336 e. The Morgan fingerprint density at radius 2 is 1.06 bits per heavy atom. The van der Waals surface area contributed by atoms with Crippen LogP contribution < -0.4 is 0 Å². The number of benzene rings is 5. The van der Waals surface area contributed by atoms with E-state index in [-0.39, 0.29) is 0 Å². The van der Waals surface area contributed by atoms with Crippen LogP contribution in [0.3, 0.4) is 0 Å². The Morgan fingerprint density at radius 3 is 1.74 bits per heavy atom. The van der Waals surface area contributed by atoms with Gasteiger partial charge < -0.3 is 4.57 Å². The van der Waals surface area contributed by atoms with Crippen molar-refractivity contribution in [3.05, 3.63) is 132 Å². The molecular weight excluding hydrogens is 422 g/mol. The molecule has 0 radical (unpaired) electrons. The van der Waals surface area contributed by atoms with Crippen molar-refractivity contribution in [2.24, 2.45) is 0 Å². The minimum atomic E-state index is 0.405. The fraction of sp³-hybridized carbons (Fsp3) is 0.118. The molecule has 1 heteroatoms. The predicted molar refractivity (Wildman–Crippen MR) is 150 cm³/mol. The molecule has 35 heavy (non-hydrogen) atoms. The maximum atomic E-state index is 2.47. The van der Waals surface area contributed by atoms with E-state index < -0.39 is 0 Å². The van der Waals surface area contributed by atoms with Crippen LogP contribution in [-0.2, 0) is 6.54 Å². The predicted octanol–water partition coefficient (Wildman–Crippen LogP) is 9.30. The van der Waals surface area contributed by atoms with Gasteiger partial charge in [-0.25, -0.2) is 0 Å². The van der Waals surface area contributed by atoms with Crippen molar-refractivity contribution in [2.75, 3.05) is 0 Å². The standard InChI is InChI=1S/C34H29N/c1-24(2)34-28(25-13-4-3-5-14-25)19-12-20-31(34)27-16-7-6-15-26(27)23-35-32-21-10-8-17-29(32)30-18-9-11-22-33(30)35/h3-22,24H,23H2,1-2H3. The molecule has 6 rings (SSSR count). The van der Waals surface area contributed by atoms with E-state index in [9.17, 15) is 0 Å². The molecule has 0 saturated heterocycles. The molecule has 0 aliphatic carbocycles. The first-order valence-corrected chi connectivity index (χ1v) is 12.4. The zero-order valence-electron chi connectivity index (χ0n) is 20.3. The molecule has 0 amide bonds. The molecular formula is C34H29N. The number of nitrogens with zero attached hydrogens (tertiary/aromatic N) is 1. The van der Waals surface area contributed by atoms with Gasteiger partial charge in [-0.2, -0.15) is 0 Å². The van der Waals surface area contributed by atoms with Crippen LogP contribution in [0.2, 0.25) is 0 Å². The SMILES string of the molecule is CC(C)c1c(-c2ccccc2)cccc1-c1ccccc1Cn1c2ccccc2c2ccccc21. The van der Waals surface area contributed by atoms with E-state index in [1.54, 1.807) is 0 Å². The van der Waals surface area contributed by atoms with Crippen molar-refractivity contribution >= 4 is 21.8 Å². The molecule has 0 aliphatic heterocycles. The quantitative estimate of drug-likeness (QED) is 0.246. The van der Waals surface area contributed by atoms with Gasteiger partial charge in [-0.1, -0.05) is 123 Å². The van der Waals surface area contributed by atoms with Crippen LogP contribution in [0.25, 0.3) is 44.1 Å². The smallest absolute Gasteiger partial charge is 0.0494 e. The zero-order chi connectivity index (χ0) is 23.8. The number of para-hydroxylation sites is 2. The summed E-state index contributed by atoms with van der Waals surface area (Å²) in [6.07, 6.45) is 0. The average Bonchev–Trinajstić information content (AvgIpc) is 3.23. The van der Waals surface area contributed by atoms with E-state index in [4.69, 9.17) is 0 Å². The van der Waals surface area contributed by atoms with Crippen LogP contribution >= 0.6 is 0 Å². The van der Waals surface area contributed by atoms with E-state index >= 15 is 0 Å². The Hall–Kier alpha value is -4.10. The zero-order valence-corrected chi connectivity index (χ0v) is 20.3. The number of hydrogen-bond acceptors (Lipinski definition) is 0. The molecule has 170 valence electrons. The van der Waals surface area contributed by atoms with Gasteiger partial charge in [0.25, 0.3) is 0 Å². The minimum absolute atomic E-state index is 0.405. The third-order valence-corrected chi connectivity index (χ3v) is 7.08. The molecule has 0 bridgehead atoms. The monoisotopic (exact) mass is 451 g/mol. The van der Waals surface area contributed by atoms with Crippen LogP contribution in [0, 0.1) is 0 Å². The summed E-state index contributed by atoms with van der Waals surface area (Å²) in [5.74, 6) is 0.405. The fourth-order valence-electron chi connectivity index (χ4n) is 5.56. The molecule has 1 aromatic heterocycles. The molecule has 0 saturated carbocycles. The molecule has 0 spiro atoms. The maximum absolute atomic E-state index is 2.47. The lowest BCUT2D eigenvalue weighted by Gasteiger charge is -2.21. The van der Waals surface area contributed by atoms with E-state index in [0.29, 0.717) is 5.92 Å². The number of hydrogen-bond donors (Lipinski definition) is 0. The largest absolute Gasteiger partial charge is 0.336 e. The van der Waals surface area contributed by atoms with Gasteiger partial charge >= 0.3 is 0 Å². The van der Waals surface area contributed by atoms with Gasteiger partial charge in [0, 0.05) is 28.4 Å². The number of fused-ring (bicyclic) bond motifs is 3. The molecule has 1 heterocycles. The van der Waals surface area contributed by atoms with Crippen molar-refractivity contribution < 1.29 is 0 Å². The summed E-state index contributed by atoms with van der Waals surface area (Å²) in [6.45, 7) is 5.44. The first-order valence-electron chi connectivity index (χ1n) is 12.4. The molecule has 0 atom stereocenters. The van der Waals surface area contributed by atoms with E-state index in [0.717, 1.165) is 6.54 Å².